The van der Waals surface area contributed by atoms with E-state index in [-0.39, 0.29) is 17.6 Å². The second-order valence-electron chi connectivity index (χ2n) is 5.77. The van der Waals surface area contributed by atoms with Crippen LogP contribution in [0.2, 0.25) is 0 Å². The predicted molar refractivity (Wildman–Crippen MR) is 84.9 cm³/mol. The van der Waals surface area contributed by atoms with Gasteiger partial charge in [-0.1, -0.05) is 13.8 Å². The Labute approximate surface area is 125 Å². The molecule has 1 N–H and O–H groups in total. The van der Waals surface area contributed by atoms with Crippen LogP contribution in [0.15, 0.2) is 29.1 Å². The van der Waals surface area contributed by atoms with Gasteiger partial charge in [-0.3, -0.25) is 4.79 Å². The molecule has 0 unspecified atom stereocenters. The van der Waals surface area contributed by atoms with E-state index in [1.807, 2.05) is 52.0 Å². The first-order valence-corrected chi connectivity index (χ1v) is 7.26. The molecule has 0 radical (unpaired) electrons. The summed E-state index contributed by atoms with van der Waals surface area (Å²) in [6, 6.07) is 7.70. The Morgan fingerprint density at radius 2 is 1.71 bits per heavy atom. The third-order valence-corrected chi connectivity index (χ3v) is 3.22. The van der Waals surface area contributed by atoms with Gasteiger partial charge in [-0.25, -0.2) is 4.98 Å². The highest BCUT2D eigenvalue weighted by atomic mass is 16.5. The van der Waals surface area contributed by atoms with E-state index in [4.69, 9.17) is 4.74 Å². The minimum atomic E-state index is -0.0776. The van der Waals surface area contributed by atoms with Gasteiger partial charge in [-0.15, -0.1) is 0 Å². The maximum Gasteiger partial charge on any atom is 0.254 e. The number of aromatic nitrogens is 2. The van der Waals surface area contributed by atoms with E-state index in [9.17, 15) is 4.79 Å². The minimum absolute atomic E-state index is 0.0776. The van der Waals surface area contributed by atoms with E-state index < -0.39 is 0 Å². The minimum Gasteiger partial charge on any atom is -0.491 e. The Kier molecular flexibility index (Phi) is 4.46. The van der Waals surface area contributed by atoms with Crippen molar-refractivity contribution in [3.63, 3.8) is 0 Å². The second kappa shape index (κ2) is 6.12. The van der Waals surface area contributed by atoms with E-state index in [0.717, 1.165) is 17.0 Å². The monoisotopic (exact) mass is 286 g/mol. The first-order chi connectivity index (χ1) is 9.88. The van der Waals surface area contributed by atoms with Crippen LogP contribution in [0.1, 0.15) is 45.0 Å². The molecule has 1 aromatic carbocycles. The van der Waals surface area contributed by atoms with Gasteiger partial charge in [0, 0.05) is 17.0 Å². The fourth-order valence-electron chi connectivity index (χ4n) is 2.07. The highest BCUT2D eigenvalue weighted by molar-refractivity contribution is 5.63. The van der Waals surface area contributed by atoms with E-state index in [1.165, 1.54) is 0 Å². The van der Waals surface area contributed by atoms with Gasteiger partial charge in [0.25, 0.3) is 5.56 Å². The van der Waals surface area contributed by atoms with Crippen molar-refractivity contribution < 1.29 is 4.74 Å². The van der Waals surface area contributed by atoms with Crippen molar-refractivity contribution in [1.82, 2.24) is 9.97 Å². The summed E-state index contributed by atoms with van der Waals surface area (Å²) in [7, 11) is 0. The largest absolute Gasteiger partial charge is 0.491 e. The number of hydrogen-bond acceptors (Lipinski definition) is 3. The maximum absolute atomic E-state index is 12.0. The highest BCUT2D eigenvalue weighted by Gasteiger charge is 2.12. The van der Waals surface area contributed by atoms with Gasteiger partial charge < -0.3 is 9.72 Å². The topological polar surface area (TPSA) is 55.0 Å². The van der Waals surface area contributed by atoms with Crippen LogP contribution in [0.3, 0.4) is 0 Å². The lowest BCUT2D eigenvalue weighted by molar-refractivity contribution is 0.242. The summed E-state index contributed by atoms with van der Waals surface area (Å²) in [6.07, 6.45) is 0.142. The molecule has 4 heteroatoms. The normalized spacial score (nSPS) is 11.2. The van der Waals surface area contributed by atoms with Gasteiger partial charge in [0.2, 0.25) is 0 Å². The number of benzene rings is 1. The molecule has 0 aliphatic heterocycles. The summed E-state index contributed by atoms with van der Waals surface area (Å²) >= 11 is 0. The zero-order valence-corrected chi connectivity index (χ0v) is 13.2. The number of H-pyrrole nitrogens is 1. The second-order valence-corrected chi connectivity index (χ2v) is 5.77. The molecule has 1 aromatic heterocycles. The molecular weight excluding hydrogens is 264 g/mol. The van der Waals surface area contributed by atoms with Crippen molar-refractivity contribution in [3.8, 4) is 17.0 Å². The standard InChI is InChI=1S/C17H22N2O2/c1-10(2)16-18-15(12(5)17(20)19-16)13-6-8-14(9-7-13)21-11(3)4/h6-11H,1-5H3,(H,18,19,20). The number of ether oxygens (including phenoxy) is 1. The van der Waals surface area contributed by atoms with Crippen LogP contribution in [0, 0.1) is 6.92 Å². The van der Waals surface area contributed by atoms with E-state index in [0.29, 0.717) is 11.4 Å². The molecule has 0 aliphatic carbocycles. The van der Waals surface area contributed by atoms with Crippen LogP contribution < -0.4 is 10.3 Å². The van der Waals surface area contributed by atoms with Crippen molar-refractivity contribution in [1.29, 1.82) is 0 Å². The van der Waals surface area contributed by atoms with Crippen LogP contribution in [0.4, 0.5) is 0 Å². The Morgan fingerprint density at radius 3 is 2.24 bits per heavy atom. The molecule has 0 saturated heterocycles. The molecule has 0 aliphatic rings. The molecule has 2 rings (SSSR count). The molecule has 0 fully saturated rings. The Bertz CT molecular complexity index is 670. The molecule has 0 spiro atoms. The van der Waals surface area contributed by atoms with Crippen LogP contribution in [-0.2, 0) is 0 Å². The average Bonchev–Trinajstić information content (AvgIpc) is 2.42. The summed E-state index contributed by atoms with van der Waals surface area (Å²) in [5, 5.41) is 0. The van der Waals surface area contributed by atoms with Crippen molar-refractivity contribution >= 4 is 0 Å². The molecular formula is C17H22N2O2. The van der Waals surface area contributed by atoms with Crippen LogP contribution in [0.5, 0.6) is 5.75 Å². The molecule has 0 saturated carbocycles. The van der Waals surface area contributed by atoms with E-state index in [1.54, 1.807) is 6.92 Å². The number of aromatic amines is 1. The van der Waals surface area contributed by atoms with Gasteiger partial charge in [-0.2, -0.15) is 0 Å². The lowest BCUT2D eigenvalue weighted by Gasteiger charge is -2.12. The molecule has 0 amide bonds. The van der Waals surface area contributed by atoms with Crippen molar-refractivity contribution in [2.75, 3.05) is 0 Å². The summed E-state index contributed by atoms with van der Waals surface area (Å²) in [4.78, 5) is 19.5. The Hall–Kier alpha value is -2.10. The first kappa shape index (κ1) is 15.3. The zero-order chi connectivity index (χ0) is 15.6. The Balaban J connectivity index is 2.44. The SMILES string of the molecule is Cc1c(-c2ccc(OC(C)C)cc2)nc(C(C)C)[nH]c1=O. The lowest BCUT2D eigenvalue weighted by atomic mass is 10.1. The molecule has 21 heavy (non-hydrogen) atoms. The zero-order valence-electron chi connectivity index (χ0n) is 13.2. The van der Waals surface area contributed by atoms with Crippen molar-refractivity contribution in [2.45, 2.75) is 46.6 Å². The van der Waals surface area contributed by atoms with Gasteiger partial charge in [0.05, 0.1) is 11.8 Å². The third-order valence-electron chi connectivity index (χ3n) is 3.22. The van der Waals surface area contributed by atoms with Crippen molar-refractivity contribution in [3.05, 3.63) is 46.0 Å². The third kappa shape index (κ3) is 3.51. The molecule has 0 atom stereocenters. The maximum atomic E-state index is 12.0. The molecule has 0 bridgehead atoms. The van der Waals surface area contributed by atoms with E-state index >= 15 is 0 Å². The van der Waals surface area contributed by atoms with E-state index in [2.05, 4.69) is 9.97 Å². The Morgan fingerprint density at radius 1 is 1.10 bits per heavy atom. The summed E-state index contributed by atoms with van der Waals surface area (Å²) in [5.74, 6) is 1.71. The number of rotatable bonds is 4. The summed E-state index contributed by atoms with van der Waals surface area (Å²) in [5.41, 5.74) is 2.22. The fraction of sp³-hybridized carbons (Fsp3) is 0.412. The molecule has 1 heterocycles. The predicted octanol–water partition coefficient (Wildman–Crippen LogP) is 3.66. The summed E-state index contributed by atoms with van der Waals surface area (Å²) in [6.45, 7) is 9.80. The highest BCUT2D eigenvalue weighted by Crippen LogP contribution is 2.23. The smallest absolute Gasteiger partial charge is 0.254 e. The molecule has 4 nitrogen and oxygen atoms in total. The van der Waals surface area contributed by atoms with Crippen LogP contribution in [0.25, 0.3) is 11.3 Å². The number of nitrogens with zero attached hydrogens (tertiary/aromatic N) is 1. The number of hydrogen-bond donors (Lipinski definition) is 1. The van der Waals surface area contributed by atoms with Gasteiger partial charge in [0.15, 0.2) is 0 Å². The van der Waals surface area contributed by atoms with Gasteiger partial charge in [0.1, 0.15) is 11.6 Å². The van der Waals surface area contributed by atoms with Crippen molar-refractivity contribution in [2.24, 2.45) is 0 Å². The number of nitrogens with one attached hydrogen (secondary N) is 1. The quantitative estimate of drug-likeness (QED) is 0.933. The van der Waals surface area contributed by atoms with Gasteiger partial charge in [-0.05, 0) is 45.0 Å². The summed E-state index contributed by atoms with van der Waals surface area (Å²) < 4.78 is 5.63. The van der Waals surface area contributed by atoms with Crippen LogP contribution in [-0.4, -0.2) is 16.1 Å². The lowest BCUT2D eigenvalue weighted by Crippen LogP contribution is -2.16. The molecule has 2 aromatic rings. The first-order valence-electron chi connectivity index (χ1n) is 7.26. The average molecular weight is 286 g/mol. The molecule has 112 valence electrons. The van der Waals surface area contributed by atoms with Gasteiger partial charge >= 0.3 is 0 Å². The fourth-order valence-corrected chi connectivity index (χ4v) is 2.07. The van der Waals surface area contributed by atoms with Crippen LogP contribution >= 0.6 is 0 Å².